The van der Waals surface area contributed by atoms with Gasteiger partial charge in [0.25, 0.3) is 0 Å². The van der Waals surface area contributed by atoms with Crippen molar-refractivity contribution in [2.24, 2.45) is 5.41 Å². The highest BCUT2D eigenvalue weighted by atomic mass is 19.1. The van der Waals surface area contributed by atoms with Crippen LogP contribution in [-0.4, -0.2) is 29.1 Å². The summed E-state index contributed by atoms with van der Waals surface area (Å²) in [6.45, 7) is 5.12. The molecule has 3 nitrogen and oxygen atoms in total. The lowest BCUT2D eigenvalue weighted by Crippen LogP contribution is -2.36. The first-order valence-corrected chi connectivity index (χ1v) is 7.50. The summed E-state index contributed by atoms with van der Waals surface area (Å²) >= 11 is 0. The van der Waals surface area contributed by atoms with Crippen molar-refractivity contribution < 1.29 is 14.3 Å². The van der Waals surface area contributed by atoms with Crippen LogP contribution in [0.3, 0.4) is 0 Å². The number of halogens is 1. The van der Waals surface area contributed by atoms with Gasteiger partial charge in [0.15, 0.2) is 0 Å². The van der Waals surface area contributed by atoms with Crippen molar-refractivity contribution in [2.45, 2.75) is 52.1 Å². The minimum absolute atomic E-state index is 0.00156. The summed E-state index contributed by atoms with van der Waals surface area (Å²) in [6, 6.07) is 4.65. The first-order valence-electron chi connectivity index (χ1n) is 7.50. The van der Waals surface area contributed by atoms with Gasteiger partial charge in [0.05, 0.1) is 5.56 Å². The lowest BCUT2D eigenvalue weighted by molar-refractivity contribution is 0.0696. The molecule has 2 rings (SSSR count). The molecule has 1 saturated carbocycles. The third-order valence-electron chi connectivity index (χ3n) is 4.65. The first-order chi connectivity index (χ1) is 9.78. The number of rotatable bonds is 4. The van der Waals surface area contributed by atoms with Gasteiger partial charge in [-0.25, -0.2) is 9.18 Å². The Labute approximate surface area is 125 Å². The second kappa shape index (κ2) is 6.14. The molecule has 0 saturated heterocycles. The molecule has 0 bridgehead atoms. The number of carboxylic acids is 1. The zero-order valence-corrected chi connectivity index (χ0v) is 13.0. The minimum atomic E-state index is -1.09. The van der Waals surface area contributed by atoms with E-state index < -0.39 is 11.8 Å². The van der Waals surface area contributed by atoms with Crippen LogP contribution >= 0.6 is 0 Å². The van der Waals surface area contributed by atoms with Gasteiger partial charge in [-0.3, -0.25) is 4.90 Å². The highest BCUT2D eigenvalue weighted by molar-refractivity contribution is 5.87. The second-order valence-electron chi connectivity index (χ2n) is 6.92. The van der Waals surface area contributed by atoms with Crippen molar-refractivity contribution in [3.8, 4) is 0 Å². The van der Waals surface area contributed by atoms with Crippen molar-refractivity contribution in [1.29, 1.82) is 0 Å². The average molecular weight is 293 g/mol. The zero-order valence-electron chi connectivity index (χ0n) is 13.0. The summed E-state index contributed by atoms with van der Waals surface area (Å²) in [7, 11) is 2.02. The lowest BCUT2D eigenvalue weighted by Gasteiger charge is -2.38. The quantitative estimate of drug-likeness (QED) is 0.914. The summed E-state index contributed by atoms with van der Waals surface area (Å²) in [5, 5.41) is 8.86. The maximum atomic E-state index is 14.0. The molecule has 1 aliphatic rings. The van der Waals surface area contributed by atoms with E-state index in [-0.39, 0.29) is 5.56 Å². The van der Waals surface area contributed by atoms with Gasteiger partial charge in [-0.05, 0) is 50.3 Å². The molecule has 21 heavy (non-hydrogen) atoms. The number of carboxylic acid groups (broad SMARTS) is 1. The number of benzene rings is 1. The SMILES string of the molecule is CN(Cc1ccc(C(=O)O)cc1F)C1CCC(C)(C)CC1. The summed E-state index contributed by atoms with van der Waals surface area (Å²) < 4.78 is 14.0. The molecule has 0 heterocycles. The zero-order chi connectivity index (χ0) is 15.6. The average Bonchev–Trinajstić information content (AvgIpc) is 2.40. The van der Waals surface area contributed by atoms with Gasteiger partial charge in [-0.2, -0.15) is 0 Å². The van der Waals surface area contributed by atoms with Crippen LogP contribution in [-0.2, 0) is 6.54 Å². The van der Waals surface area contributed by atoms with Crippen molar-refractivity contribution in [3.05, 3.63) is 35.1 Å². The normalized spacial score (nSPS) is 18.9. The van der Waals surface area contributed by atoms with E-state index in [1.165, 1.54) is 18.9 Å². The van der Waals surface area contributed by atoms with Crippen molar-refractivity contribution in [3.63, 3.8) is 0 Å². The Kier molecular flexibility index (Phi) is 4.67. The van der Waals surface area contributed by atoms with Crippen LogP contribution in [0.2, 0.25) is 0 Å². The molecule has 0 aliphatic heterocycles. The third kappa shape index (κ3) is 4.03. The number of carbonyl (C=O) groups is 1. The van der Waals surface area contributed by atoms with E-state index in [2.05, 4.69) is 18.7 Å². The Morgan fingerprint density at radius 3 is 2.52 bits per heavy atom. The molecule has 1 aromatic rings. The Bertz CT molecular complexity index is 518. The number of nitrogens with zero attached hydrogens (tertiary/aromatic N) is 1. The van der Waals surface area contributed by atoms with Gasteiger partial charge in [-0.15, -0.1) is 0 Å². The van der Waals surface area contributed by atoms with Crippen LogP contribution in [0.25, 0.3) is 0 Å². The van der Waals surface area contributed by atoms with Crippen LogP contribution in [0.4, 0.5) is 4.39 Å². The number of hydrogen-bond acceptors (Lipinski definition) is 2. The Hall–Kier alpha value is -1.42. The summed E-state index contributed by atoms with van der Waals surface area (Å²) in [4.78, 5) is 13.0. The van der Waals surface area contributed by atoms with Crippen LogP contribution < -0.4 is 0 Å². The molecule has 1 N–H and O–H groups in total. The molecule has 0 radical (unpaired) electrons. The number of hydrogen-bond donors (Lipinski definition) is 1. The molecule has 4 heteroatoms. The van der Waals surface area contributed by atoms with Crippen LogP contribution in [0.15, 0.2) is 18.2 Å². The van der Waals surface area contributed by atoms with Crippen molar-refractivity contribution in [2.75, 3.05) is 7.05 Å². The standard InChI is InChI=1S/C17H24FNO2/c1-17(2)8-6-14(7-9-17)19(3)11-13-5-4-12(16(20)21)10-15(13)18/h4-5,10,14H,6-9,11H2,1-3H3,(H,20,21). The second-order valence-corrected chi connectivity index (χ2v) is 6.92. The fraction of sp³-hybridized carbons (Fsp3) is 0.588. The van der Waals surface area contributed by atoms with E-state index in [0.717, 1.165) is 18.9 Å². The topological polar surface area (TPSA) is 40.5 Å². The highest BCUT2D eigenvalue weighted by Crippen LogP contribution is 2.36. The molecule has 0 spiro atoms. The van der Waals surface area contributed by atoms with E-state index in [1.807, 2.05) is 7.05 Å². The van der Waals surface area contributed by atoms with E-state index >= 15 is 0 Å². The van der Waals surface area contributed by atoms with Gasteiger partial charge >= 0.3 is 5.97 Å². The highest BCUT2D eigenvalue weighted by Gasteiger charge is 2.28. The van der Waals surface area contributed by atoms with Gasteiger partial charge in [0, 0.05) is 18.2 Å². The first kappa shape index (κ1) is 16.0. The van der Waals surface area contributed by atoms with Crippen LogP contribution in [0.5, 0.6) is 0 Å². The fourth-order valence-corrected chi connectivity index (χ4v) is 3.03. The molecule has 1 fully saturated rings. The number of aromatic carboxylic acids is 1. The van der Waals surface area contributed by atoms with Gasteiger partial charge < -0.3 is 5.11 Å². The molecule has 0 amide bonds. The monoisotopic (exact) mass is 293 g/mol. The van der Waals surface area contributed by atoms with Crippen molar-refractivity contribution in [1.82, 2.24) is 4.90 Å². The molecule has 116 valence electrons. The predicted molar refractivity (Wildman–Crippen MR) is 80.9 cm³/mol. The predicted octanol–water partition coefficient (Wildman–Crippen LogP) is 3.92. The molecule has 0 atom stereocenters. The third-order valence-corrected chi connectivity index (χ3v) is 4.65. The molecule has 1 aliphatic carbocycles. The lowest BCUT2D eigenvalue weighted by atomic mass is 9.75. The molecule has 0 unspecified atom stereocenters. The van der Waals surface area contributed by atoms with E-state index in [9.17, 15) is 9.18 Å². The Morgan fingerprint density at radius 1 is 1.38 bits per heavy atom. The van der Waals surface area contributed by atoms with Gasteiger partial charge in [-0.1, -0.05) is 19.9 Å². The van der Waals surface area contributed by atoms with Gasteiger partial charge in [0.1, 0.15) is 5.82 Å². The summed E-state index contributed by atoms with van der Waals surface area (Å²) in [6.07, 6.45) is 4.67. The molecule has 1 aromatic carbocycles. The fourth-order valence-electron chi connectivity index (χ4n) is 3.03. The van der Waals surface area contributed by atoms with E-state index in [0.29, 0.717) is 23.6 Å². The van der Waals surface area contributed by atoms with Crippen molar-refractivity contribution >= 4 is 5.97 Å². The van der Waals surface area contributed by atoms with Crippen LogP contribution in [0, 0.1) is 11.2 Å². The molecular formula is C17H24FNO2. The molecular weight excluding hydrogens is 269 g/mol. The van der Waals surface area contributed by atoms with E-state index in [4.69, 9.17) is 5.11 Å². The van der Waals surface area contributed by atoms with Crippen LogP contribution in [0.1, 0.15) is 55.5 Å². The minimum Gasteiger partial charge on any atom is -0.478 e. The Morgan fingerprint density at radius 2 is 2.00 bits per heavy atom. The summed E-state index contributed by atoms with van der Waals surface area (Å²) in [5.41, 5.74) is 0.983. The molecule has 0 aromatic heterocycles. The Balaban J connectivity index is 2.00. The smallest absolute Gasteiger partial charge is 0.335 e. The summed E-state index contributed by atoms with van der Waals surface area (Å²) in [5.74, 6) is -1.53. The maximum absolute atomic E-state index is 14.0. The maximum Gasteiger partial charge on any atom is 0.335 e. The van der Waals surface area contributed by atoms with E-state index in [1.54, 1.807) is 6.07 Å². The van der Waals surface area contributed by atoms with Gasteiger partial charge in [0.2, 0.25) is 0 Å². The largest absolute Gasteiger partial charge is 0.478 e.